The minimum Gasteiger partial charge on any atom is -0.495 e. The predicted octanol–water partition coefficient (Wildman–Crippen LogP) is 5.48. The number of hydrogen-bond donors (Lipinski definition) is 4. The number of aliphatic hydroxyl groups is 1. The van der Waals surface area contributed by atoms with Crippen LogP contribution < -0.4 is 25.6 Å². The molecule has 20 heteroatoms. The number of halogens is 1. The van der Waals surface area contributed by atoms with Gasteiger partial charge in [0.15, 0.2) is 5.72 Å². The fourth-order valence-electron chi connectivity index (χ4n) is 8.10. The Balaban J connectivity index is 1.15. The van der Waals surface area contributed by atoms with Crippen LogP contribution in [-0.2, 0) is 54.2 Å². The van der Waals surface area contributed by atoms with E-state index in [4.69, 9.17) is 40.1 Å². The lowest BCUT2D eigenvalue weighted by molar-refractivity contribution is -0.197. The number of hydrogen-bond acceptors (Lipinski definition) is 14. The number of hydroxylamine groups is 2. The minimum absolute atomic E-state index is 0.00533. The normalized spacial score (nSPS) is 28.2. The first-order valence-corrected chi connectivity index (χ1v) is 21.5. The highest BCUT2D eigenvalue weighted by molar-refractivity contribution is 6.35. The van der Waals surface area contributed by atoms with Crippen molar-refractivity contribution in [3.63, 3.8) is 0 Å². The molecule has 0 aromatic heterocycles. The molecule has 0 radical (unpaired) electrons. The lowest BCUT2D eigenvalue weighted by atomic mass is 9.83. The van der Waals surface area contributed by atoms with Crippen molar-refractivity contribution in [1.82, 2.24) is 10.4 Å². The number of alkyl carbamates (subject to hydrolysis) is 1. The number of benzene rings is 2. The van der Waals surface area contributed by atoms with Crippen molar-refractivity contribution in [2.45, 2.75) is 114 Å². The maximum atomic E-state index is 14.2. The van der Waals surface area contributed by atoms with Gasteiger partial charge in [-0.15, -0.1) is 5.06 Å². The fraction of sp³-hybridized carbons (Fsp3) is 0.489. The summed E-state index contributed by atoms with van der Waals surface area (Å²) < 4.78 is 29.1. The molecule has 4 aliphatic heterocycles. The van der Waals surface area contributed by atoms with Gasteiger partial charge in [-0.1, -0.05) is 42.3 Å². The molecule has 0 unspecified atom stereocenters. The Labute approximate surface area is 380 Å². The van der Waals surface area contributed by atoms with E-state index in [0.717, 1.165) is 11.1 Å². The number of nitrogens with zero attached hydrogens (tertiary/aromatic N) is 2. The molecule has 7 atom stereocenters. The molecule has 4 aliphatic rings. The number of methoxy groups -OCH3 is 2. The molecule has 0 saturated carbocycles. The molecule has 3 saturated heterocycles. The van der Waals surface area contributed by atoms with E-state index in [9.17, 15) is 38.7 Å². The Morgan fingerprint density at radius 1 is 0.985 bits per heavy atom. The van der Waals surface area contributed by atoms with Crippen LogP contribution >= 0.6 is 11.6 Å². The molecule has 6 amide bonds. The lowest BCUT2D eigenvalue weighted by Gasteiger charge is -2.42. The third kappa shape index (κ3) is 11.6. The molecular weight excluding hydrogens is 870 g/mol. The largest absolute Gasteiger partial charge is 0.495 e. The molecule has 350 valence electrons. The first-order chi connectivity index (χ1) is 30.8. The first-order valence-electron chi connectivity index (χ1n) is 21.2. The molecule has 4 bridgehead atoms. The summed E-state index contributed by atoms with van der Waals surface area (Å²) in [6.07, 6.45) is 0.247. The monoisotopic (exact) mass is 923 g/mol. The molecule has 0 aliphatic carbocycles. The molecule has 4 N–H and O–H groups in total. The molecule has 3 fully saturated rings. The molecule has 65 heavy (non-hydrogen) atoms. The summed E-state index contributed by atoms with van der Waals surface area (Å²) in [6, 6.07) is 9.73. The number of anilines is 3. The third-order valence-electron chi connectivity index (χ3n) is 11.8. The van der Waals surface area contributed by atoms with E-state index in [1.807, 2.05) is 13.0 Å². The number of allylic oxidation sites excluding steroid dienone is 3. The molecule has 2 aromatic rings. The maximum Gasteiger partial charge on any atom is 0.412 e. The highest BCUT2D eigenvalue weighted by Crippen LogP contribution is 2.49. The van der Waals surface area contributed by atoms with Crippen LogP contribution in [0, 0.1) is 5.92 Å². The first kappa shape index (κ1) is 48.4. The summed E-state index contributed by atoms with van der Waals surface area (Å²) in [5.41, 5.74) is -0.364. The van der Waals surface area contributed by atoms with Crippen LogP contribution in [-0.4, -0.2) is 109 Å². The van der Waals surface area contributed by atoms with Gasteiger partial charge in [0.1, 0.15) is 34.7 Å². The maximum absolute atomic E-state index is 14.2. The van der Waals surface area contributed by atoms with Crippen molar-refractivity contribution in [2.75, 3.05) is 36.8 Å². The Bertz CT molecular complexity index is 2240. The van der Waals surface area contributed by atoms with Crippen LogP contribution in [0.5, 0.6) is 5.75 Å². The summed E-state index contributed by atoms with van der Waals surface area (Å²) in [5, 5.41) is 20.4. The number of epoxide rings is 1. The summed E-state index contributed by atoms with van der Waals surface area (Å²) in [7, 11) is 4.43. The van der Waals surface area contributed by atoms with Gasteiger partial charge < -0.3 is 43.8 Å². The highest BCUT2D eigenvalue weighted by Gasteiger charge is 2.64. The number of rotatable bonds is 11. The zero-order chi connectivity index (χ0) is 47.2. The molecular formula is C45H54ClN5O14. The van der Waals surface area contributed by atoms with Gasteiger partial charge in [0.2, 0.25) is 11.8 Å². The van der Waals surface area contributed by atoms with E-state index in [-0.39, 0.29) is 55.9 Å². The van der Waals surface area contributed by atoms with Crippen molar-refractivity contribution in [2.24, 2.45) is 5.92 Å². The van der Waals surface area contributed by atoms with Crippen LogP contribution in [0.25, 0.3) is 0 Å². The third-order valence-corrected chi connectivity index (χ3v) is 12.2. The standard InChI is InChI=1S/C45H54ClN5O14/c1-25-10-9-11-33(61-6)45(59)24-32(62-43(58)49-45)26(2)41-44(3,64-41)34(23-38(55)50(4)30-21-27(20-25)22-31(60-5)40(30)46)63-42(57)48-29-16-14-28(15-17-29)47-35(52)12-7-8-13-39(56)65-51-36(53)18-19-37(51)54/h9-11,14-17,21-22,26,32-34,41,59H,7-8,12-13,18-20,23-24H2,1-6H3,(H,47,52)(H,48,57)(H,49,58)/b11-9+,25-10+/t26-,32+,33-,34+,41+,44+,45+/m1/s1. The Morgan fingerprint density at radius 3 is 2.31 bits per heavy atom. The average molecular weight is 924 g/mol. The molecule has 6 rings (SSSR count). The minimum atomic E-state index is -1.86. The number of nitrogens with one attached hydrogen (secondary N) is 3. The number of ether oxygens (including phenoxy) is 5. The second kappa shape index (κ2) is 20.4. The highest BCUT2D eigenvalue weighted by atomic mass is 35.5. The predicted molar refractivity (Wildman–Crippen MR) is 233 cm³/mol. The van der Waals surface area contributed by atoms with Gasteiger partial charge in [-0.2, -0.15) is 0 Å². The van der Waals surface area contributed by atoms with E-state index in [2.05, 4.69) is 16.0 Å². The van der Waals surface area contributed by atoms with E-state index >= 15 is 0 Å². The van der Waals surface area contributed by atoms with Crippen molar-refractivity contribution in [3.05, 3.63) is 70.8 Å². The van der Waals surface area contributed by atoms with Crippen molar-refractivity contribution in [1.29, 1.82) is 0 Å². The zero-order valence-electron chi connectivity index (χ0n) is 37.0. The molecule has 0 spiro atoms. The van der Waals surface area contributed by atoms with E-state index in [1.54, 1.807) is 57.3 Å². The SMILES string of the molecule is COc1cc2cc(c1Cl)N(C)C(=O)C[C@H](OC(=O)Nc1ccc(NC(=O)CCCCC(=O)ON3C(=O)CCC3=O)cc1)[C@]1(C)O[C@H]1[C@H](C)[C@@H]1C[C@@](O)(NC(=O)O1)[C@H](OC)/C=C/C=C(\C)C2. The summed E-state index contributed by atoms with van der Waals surface area (Å²) in [4.78, 5) is 94.9. The fourth-order valence-corrected chi connectivity index (χ4v) is 8.42. The van der Waals surface area contributed by atoms with Gasteiger partial charge in [-0.3, -0.25) is 29.8 Å². The van der Waals surface area contributed by atoms with Crippen LogP contribution in [0.3, 0.4) is 0 Å². The van der Waals surface area contributed by atoms with Crippen LogP contribution in [0.15, 0.2) is 60.2 Å². The summed E-state index contributed by atoms with van der Waals surface area (Å²) in [6.45, 7) is 5.36. The van der Waals surface area contributed by atoms with Crippen LogP contribution in [0.2, 0.25) is 5.02 Å². The van der Waals surface area contributed by atoms with Gasteiger partial charge in [0.05, 0.1) is 25.3 Å². The van der Waals surface area contributed by atoms with Crippen molar-refractivity contribution in [3.8, 4) is 5.75 Å². The number of carbonyl (C=O) groups excluding carboxylic acids is 7. The van der Waals surface area contributed by atoms with E-state index in [1.165, 1.54) is 31.3 Å². The van der Waals surface area contributed by atoms with Crippen molar-refractivity contribution < 1.29 is 67.2 Å². The topological polar surface area (TPSA) is 241 Å². The van der Waals surface area contributed by atoms with Crippen LogP contribution in [0.1, 0.15) is 77.7 Å². The van der Waals surface area contributed by atoms with Gasteiger partial charge in [0, 0.05) is 63.6 Å². The lowest BCUT2D eigenvalue weighted by Crippen LogP contribution is -2.63. The van der Waals surface area contributed by atoms with Gasteiger partial charge in [0.25, 0.3) is 11.8 Å². The second-order valence-corrected chi connectivity index (χ2v) is 17.1. The Hall–Kier alpha value is -6.02. The van der Waals surface area contributed by atoms with Gasteiger partial charge in [-0.05, 0) is 75.1 Å². The van der Waals surface area contributed by atoms with E-state index < -0.39 is 77.5 Å². The summed E-state index contributed by atoms with van der Waals surface area (Å²) >= 11 is 6.77. The smallest absolute Gasteiger partial charge is 0.412 e. The number of fused-ring (bicyclic) bond motifs is 5. The van der Waals surface area contributed by atoms with E-state index in [0.29, 0.717) is 40.7 Å². The molecule has 2 aromatic carbocycles. The van der Waals surface area contributed by atoms with Crippen molar-refractivity contribution >= 4 is 70.4 Å². The average Bonchev–Trinajstić information content (AvgIpc) is 3.86. The number of carbonyl (C=O) groups is 7. The van der Waals surface area contributed by atoms with Gasteiger partial charge >= 0.3 is 18.2 Å². The Morgan fingerprint density at radius 2 is 1.65 bits per heavy atom. The molecule has 4 heterocycles. The number of unbranched alkanes of at least 4 members (excludes halogenated alkanes) is 1. The summed E-state index contributed by atoms with van der Waals surface area (Å²) in [5.74, 6) is -2.91. The Kier molecular flexibility index (Phi) is 15.2. The van der Waals surface area contributed by atoms with Crippen LogP contribution in [0.4, 0.5) is 26.7 Å². The molecule has 19 nitrogen and oxygen atoms in total. The quantitative estimate of drug-likeness (QED) is 0.124. The number of amides is 6. The van der Waals surface area contributed by atoms with Gasteiger partial charge in [-0.25, -0.2) is 14.4 Å². The number of imide groups is 1. The zero-order valence-corrected chi connectivity index (χ0v) is 37.7. The second-order valence-electron chi connectivity index (χ2n) is 16.7.